The number of hydrogen-bond acceptors (Lipinski definition) is 5. The summed E-state index contributed by atoms with van der Waals surface area (Å²) in [5.74, 6) is 0.0200. The maximum Gasteiger partial charge on any atom is 0.300 e. The lowest BCUT2D eigenvalue weighted by molar-refractivity contribution is -0.121. The Balaban J connectivity index is 1.63. The zero-order chi connectivity index (χ0) is 17.4. The van der Waals surface area contributed by atoms with Gasteiger partial charge in [-0.05, 0) is 37.3 Å². The Morgan fingerprint density at radius 3 is 2.76 bits per heavy atom. The number of nitrogens with zero attached hydrogens (tertiary/aromatic N) is 2. The topological polar surface area (TPSA) is 79.5 Å². The summed E-state index contributed by atoms with van der Waals surface area (Å²) in [6.45, 7) is 4.04. The minimum Gasteiger partial charge on any atom is -0.423 e. The number of amides is 1. The number of anilines is 2. The molecule has 6 heteroatoms. The summed E-state index contributed by atoms with van der Waals surface area (Å²) in [7, 11) is 0. The van der Waals surface area contributed by atoms with Crippen LogP contribution in [-0.2, 0) is 4.79 Å². The lowest BCUT2D eigenvalue weighted by Crippen LogP contribution is -2.31. The highest BCUT2D eigenvalue weighted by atomic mass is 16.4. The van der Waals surface area contributed by atoms with E-state index >= 15 is 0 Å². The number of carbonyl (C=O) groups is 1. The summed E-state index contributed by atoms with van der Waals surface area (Å²) in [5, 5.41) is 7.36. The van der Waals surface area contributed by atoms with Gasteiger partial charge in [-0.2, -0.15) is 10.1 Å². The van der Waals surface area contributed by atoms with Gasteiger partial charge in [-0.1, -0.05) is 24.6 Å². The van der Waals surface area contributed by atoms with Crippen LogP contribution in [0.4, 0.5) is 11.7 Å². The maximum absolute atomic E-state index is 11.4. The van der Waals surface area contributed by atoms with Crippen LogP contribution in [0.25, 0.3) is 11.1 Å². The zero-order valence-corrected chi connectivity index (χ0v) is 14.0. The summed E-state index contributed by atoms with van der Waals surface area (Å²) in [6.07, 6.45) is 0.440. The Hall–Kier alpha value is -3.15. The van der Waals surface area contributed by atoms with Crippen LogP contribution >= 0.6 is 0 Å². The van der Waals surface area contributed by atoms with Crippen molar-refractivity contribution in [3.8, 4) is 0 Å². The SMILES string of the molecule is Cc1ccc(Nc2nc3cc(C4=NNC(=O)CC4C)ccc3o2)cc1. The third-order valence-electron chi connectivity index (χ3n) is 4.25. The van der Waals surface area contributed by atoms with Crippen molar-refractivity contribution in [3.05, 3.63) is 53.6 Å². The molecule has 1 aliphatic rings. The van der Waals surface area contributed by atoms with Gasteiger partial charge in [0.15, 0.2) is 5.58 Å². The molecule has 0 saturated heterocycles. The Bertz CT molecular complexity index is 973. The van der Waals surface area contributed by atoms with Gasteiger partial charge in [-0.3, -0.25) is 4.79 Å². The first-order valence-electron chi connectivity index (χ1n) is 8.19. The second-order valence-corrected chi connectivity index (χ2v) is 6.33. The van der Waals surface area contributed by atoms with Crippen LogP contribution < -0.4 is 10.7 Å². The molecule has 2 heterocycles. The third-order valence-corrected chi connectivity index (χ3v) is 4.25. The molecule has 1 aromatic heterocycles. The average Bonchev–Trinajstić information content (AvgIpc) is 2.98. The number of fused-ring (bicyclic) bond motifs is 1. The number of aromatic nitrogens is 1. The molecule has 0 fully saturated rings. The van der Waals surface area contributed by atoms with Crippen molar-refractivity contribution in [2.45, 2.75) is 20.3 Å². The van der Waals surface area contributed by atoms with Gasteiger partial charge in [0.1, 0.15) is 5.52 Å². The van der Waals surface area contributed by atoms with Gasteiger partial charge in [0.05, 0.1) is 5.71 Å². The van der Waals surface area contributed by atoms with Gasteiger partial charge in [0.2, 0.25) is 5.91 Å². The lowest BCUT2D eigenvalue weighted by Gasteiger charge is -2.18. The normalized spacial score (nSPS) is 17.3. The van der Waals surface area contributed by atoms with Gasteiger partial charge >= 0.3 is 0 Å². The quantitative estimate of drug-likeness (QED) is 0.765. The molecule has 1 atom stereocenters. The number of aryl methyl sites for hydroxylation is 1. The van der Waals surface area contributed by atoms with Crippen molar-refractivity contribution in [3.63, 3.8) is 0 Å². The molecule has 3 aromatic rings. The number of rotatable bonds is 3. The van der Waals surface area contributed by atoms with Gasteiger partial charge in [0.25, 0.3) is 6.01 Å². The second-order valence-electron chi connectivity index (χ2n) is 6.33. The van der Waals surface area contributed by atoms with Crippen molar-refractivity contribution >= 4 is 34.4 Å². The van der Waals surface area contributed by atoms with Crippen LogP contribution in [0.3, 0.4) is 0 Å². The Morgan fingerprint density at radius 1 is 1.20 bits per heavy atom. The second kappa shape index (κ2) is 6.05. The van der Waals surface area contributed by atoms with E-state index in [1.165, 1.54) is 5.56 Å². The molecule has 0 spiro atoms. The van der Waals surface area contributed by atoms with E-state index in [1.807, 2.05) is 56.3 Å². The molecule has 1 unspecified atom stereocenters. The van der Waals surface area contributed by atoms with Crippen LogP contribution in [-0.4, -0.2) is 16.6 Å². The minimum absolute atomic E-state index is 0.0525. The minimum atomic E-state index is -0.0525. The lowest BCUT2D eigenvalue weighted by atomic mass is 9.94. The molecule has 1 aliphatic heterocycles. The van der Waals surface area contributed by atoms with Crippen molar-refractivity contribution < 1.29 is 9.21 Å². The molecular formula is C19H18N4O2. The molecule has 0 bridgehead atoms. The smallest absolute Gasteiger partial charge is 0.300 e. The molecule has 4 rings (SSSR count). The highest BCUT2D eigenvalue weighted by molar-refractivity contribution is 6.07. The third kappa shape index (κ3) is 3.10. The fraction of sp³-hybridized carbons (Fsp3) is 0.211. The Morgan fingerprint density at radius 2 is 2.00 bits per heavy atom. The first kappa shape index (κ1) is 15.4. The van der Waals surface area contributed by atoms with Crippen molar-refractivity contribution in [2.24, 2.45) is 11.0 Å². The van der Waals surface area contributed by atoms with Crippen molar-refractivity contribution in [1.29, 1.82) is 0 Å². The van der Waals surface area contributed by atoms with Crippen molar-refractivity contribution in [1.82, 2.24) is 10.4 Å². The summed E-state index contributed by atoms with van der Waals surface area (Å²) in [6, 6.07) is 14.2. The highest BCUT2D eigenvalue weighted by Gasteiger charge is 2.22. The standard InChI is InChI=1S/C19H18N4O2/c1-11-3-6-14(7-4-11)20-19-21-15-10-13(5-8-16(15)25-19)18-12(2)9-17(24)22-23-18/h3-8,10,12H,9H2,1-2H3,(H,20,21)(H,22,24). The monoisotopic (exact) mass is 334 g/mol. The predicted molar refractivity (Wildman–Crippen MR) is 96.9 cm³/mol. The van der Waals surface area contributed by atoms with Crippen LogP contribution in [0.2, 0.25) is 0 Å². The van der Waals surface area contributed by atoms with E-state index in [4.69, 9.17) is 4.42 Å². The van der Waals surface area contributed by atoms with E-state index in [0.29, 0.717) is 18.0 Å². The molecular weight excluding hydrogens is 316 g/mol. The summed E-state index contributed by atoms with van der Waals surface area (Å²) >= 11 is 0. The van der Waals surface area contributed by atoms with Gasteiger partial charge in [-0.25, -0.2) is 5.43 Å². The largest absolute Gasteiger partial charge is 0.423 e. The summed E-state index contributed by atoms with van der Waals surface area (Å²) in [4.78, 5) is 15.9. The number of oxazole rings is 1. The number of benzene rings is 2. The molecule has 0 saturated carbocycles. The molecule has 2 N–H and O–H groups in total. The van der Waals surface area contributed by atoms with E-state index in [0.717, 1.165) is 22.5 Å². The number of hydrazone groups is 1. The van der Waals surface area contributed by atoms with Crippen molar-refractivity contribution in [2.75, 3.05) is 5.32 Å². The van der Waals surface area contributed by atoms with E-state index in [2.05, 4.69) is 20.8 Å². The molecule has 6 nitrogen and oxygen atoms in total. The number of carbonyl (C=O) groups excluding carboxylic acids is 1. The fourth-order valence-electron chi connectivity index (χ4n) is 2.90. The molecule has 126 valence electrons. The van der Waals surface area contributed by atoms with E-state index in [-0.39, 0.29) is 11.8 Å². The van der Waals surface area contributed by atoms with Gasteiger partial charge in [-0.15, -0.1) is 0 Å². The number of nitrogens with one attached hydrogen (secondary N) is 2. The average molecular weight is 334 g/mol. The predicted octanol–water partition coefficient (Wildman–Crippen LogP) is 3.74. The summed E-state index contributed by atoms with van der Waals surface area (Å²) < 4.78 is 5.76. The first-order chi connectivity index (χ1) is 12.1. The molecule has 0 radical (unpaired) electrons. The Labute approximate surface area is 144 Å². The van der Waals surface area contributed by atoms with Gasteiger partial charge < -0.3 is 9.73 Å². The fourth-order valence-corrected chi connectivity index (χ4v) is 2.90. The van der Waals surface area contributed by atoms with Crippen LogP contribution in [0, 0.1) is 12.8 Å². The highest BCUT2D eigenvalue weighted by Crippen LogP contribution is 2.25. The van der Waals surface area contributed by atoms with E-state index in [1.54, 1.807) is 0 Å². The molecule has 2 aromatic carbocycles. The molecule has 1 amide bonds. The maximum atomic E-state index is 11.4. The van der Waals surface area contributed by atoms with E-state index in [9.17, 15) is 4.79 Å². The first-order valence-corrected chi connectivity index (χ1v) is 8.19. The van der Waals surface area contributed by atoms with Crippen LogP contribution in [0.1, 0.15) is 24.5 Å². The van der Waals surface area contributed by atoms with Crippen LogP contribution in [0.15, 0.2) is 52.0 Å². The summed E-state index contributed by atoms with van der Waals surface area (Å²) in [5.41, 5.74) is 7.91. The van der Waals surface area contributed by atoms with E-state index < -0.39 is 0 Å². The molecule has 0 aliphatic carbocycles. The Kier molecular flexibility index (Phi) is 3.72. The zero-order valence-electron chi connectivity index (χ0n) is 14.0. The van der Waals surface area contributed by atoms with Gasteiger partial charge in [0, 0.05) is 23.6 Å². The number of hydrogen-bond donors (Lipinski definition) is 2. The van der Waals surface area contributed by atoms with Crippen LogP contribution in [0.5, 0.6) is 0 Å². The molecule has 25 heavy (non-hydrogen) atoms.